The van der Waals surface area contributed by atoms with Crippen molar-refractivity contribution in [3.8, 4) is 5.75 Å². The molecule has 1 aliphatic carbocycles. The van der Waals surface area contributed by atoms with Gasteiger partial charge in [-0.15, -0.1) is 0 Å². The number of carboxylic acids is 1. The topological polar surface area (TPSA) is 72.5 Å². The molecule has 18 heavy (non-hydrogen) atoms. The third-order valence-corrected chi connectivity index (χ3v) is 3.57. The second-order valence-corrected chi connectivity index (χ2v) is 4.74. The third kappa shape index (κ3) is 2.48. The van der Waals surface area contributed by atoms with E-state index in [1.165, 1.54) is 11.1 Å². The van der Waals surface area contributed by atoms with Crippen LogP contribution in [0.2, 0.25) is 0 Å². The van der Waals surface area contributed by atoms with Crippen LogP contribution < -0.4 is 10.5 Å². The van der Waals surface area contributed by atoms with Gasteiger partial charge in [0.25, 0.3) is 0 Å². The molecule has 0 radical (unpaired) electrons. The van der Waals surface area contributed by atoms with Crippen molar-refractivity contribution in [3.63, 3.8) is 0 Å². The first-order chi connectivity index (χ1) is 8.63. The van der Waals surface area contributed by atoms with Gasteiger partial charge in [-0.3, -0.25) is 4.79 Å². The number of aliphatic carboxylic acids is 1. The van der Waals surface area contributed by atoms with E-state index in [0.29, 0.717) is 6.42 Å². The summed E-state index contributed by atoms with van der Waals surface area (Å²) in [5.41, 5.74) is 9.16. The zero-order valence-corrected chi connectivity index (χ0v) is 10.6. The molecule has 0 spiro atoms. The Kier molecular flexibility index (Phi) is 3.87. The van der Waals surface area contributed by atoms with Crippen LogP contribution in [0.1, 0.15) is 29.5 Å². The first kappa shape index (κ1) is 12.9. The highest BCUT2D eigenvalue weighted by Gasteiger charge is 2.20. The fourth-order valence-electron chi connectivity index (χ4n) is 2.62. The van der Waals surface area contributed by atoms with Gasteiger partial charge in [-0.1, -0.05) is 6.07 Å². The molecule has 0 fully saturated rings. The van der Waals surface area contributed by atoms with Crippen LogP contribution in [0.3, 0.4) is 0 Å². The Labute approximate surface area is 107 Å². The van der Waals surface area contributed by atoms with Crippen LogP contribution in [-0.2, 0) is 24.1 Å². The van der Waals surface area contributed by atoms with Gasteiger partial charge in [0.05, 0.1) is 7.11 Å². The maximum absolute atomic E-state index is 10.8. The van der Waals surface area contributed by atoms with Crippen LogP contribution in [0.15, 0.2) is 12.1 Å². The Hall–Kier alpha value is -1.55. The normalized spacial score (nSPS) is 15.9. The van der Waals surface area contributed by atoms with Crippen molar-refractivity contribution in [2.45, 2.75) is 38.1 Å². The molecule has 1 aromatic rings. The van der Waals surface area contributed by atoms with E-state index in [1.807, 2.05) is 12.1 Å². The fraction of sp³-hybridized carbons (Fsp3) is 0.500. The van der Waals surface area contributed by atoms with Crippen LogP contribution in [0.25, 0.3) is 0 Å². The molecule has 0 unspecified atom stereocenters. The molecule has 3 N–H and O–H groups in total. The second-order valence-electron chi connectivity index (χ2n) is 4.74. The summed E-state index contributed by atoms with van der Waals surface area (Å²) in [4.78, 5) is 10.8. The van der Waals surface area contributed by atoms with E-state index < -0.39 is 12.0 Å². The third-order valence-electron chi connectivity index (χ3n) is 3.57. The number of hydrogen-bond donors (Lipinski definition) is 2. The summed E-state index contributed by atoms with van der Waals surface area (Å²) in [6, 6.07) is 3.05. The van der Waals surface area contributed by atoms with Crippen molar-refractivity contribution in [3.05, 3.63) is 28.8 Å². The first-order valence-corrected chi connectivity index (χ1v) is 6.29. The van der Waals surface area contributed by atoms with E-state index in [2.05, 4.69) is 0 Å². The van der Waals surface area contributed by atoms with E-state index >= 15 is 0 Å². The van der Waals surface area contributed by atoms with Gasteiger partial charge in [0.15, 0.2) is 0 Å². The van der Waals surface area contributed by atoms with E-state index in [-0.39, 0.29) is 0 Å². The van der Waals surface area contributed by atoms with Crippen molar-refractivity contribution in [1.29, 1.82) is 0 Å². The highest BCUT2D eigenvalue weighted by atomic mass is 16.5. The van der Waals surface area contributed by atoms with Crippen molar-refractivity contribution in [2.75, 3.05) is 7.11 Å². The van der Waals surface area contributed by atoms with Gasteiger partial charge in [-0.05, 0) is 54.9 Å². The van der Waals surface area contributed by atoms with Crippen LogP contribution in [0.4, 0.5) is 0 Å². The highest BCUT2D eigenvalue weighted by molar-refractivity contribution is 5.73. The highest BCUT2D eigenvalue weighted by Crippen LogP contribution is 2.32. The molecule has 0 bridgehead atoms. The molecule has 98 valence electrons. The number of fused-ring (bicyclic) bond motifs is 1. The molecule has 2 rings (SSSR count). The van der Waals surface area contributed by atoms with Crippen molar-refractivity contribution < 1.29 is 14.6 Å². The van der Waals surface area contributed by atoms with Crippen molar-refractivity contribution in [2.24, 2.45) is 5.73 Å². The molecule has 1 atom stereocenters. The van der Waals surface area contributed by atoms with Gasteiger partial charge in [-0.25, -0.2) is 0 Å². The molecular weight excluding hydrogens is 230 g/mol. The minimum Gasteiger partial charge on any atom is -0.496 e. The Morgan fingerprint density at radius 1 is 1.39 bits per heavy atom. The minimum absolute atomic E-state index is 0.391. The summed E-state index contributed by atoms with van der Waals surface area (Å²) >= 11 is 0. The second kappa shape index (κ2) is 5.40. The number of carbonyl (C=O) groups is 1. The summed E-state index contributed by atoms with van der Waals surface area (Å²) in [6.07, 6.45) is 4.71. The van der Waals surface area contributed by atoms with Crippen LogP contribution in [0.5, 0.6) is 5.75 Å². The predicted octanol–water partition coefficient (Wildman–Crippen LogP) is 1.53. The Balaban J connectivity index is 2.34. The molecule has 4 nitrogen and oxygen atoms in total. The SMILES string of the molecule is COc1ccc(C[C@H](N)C(=O)O)c2c1CCCC2. The molecule has 4 heteroatoms. The van der Waals surface area contributed by atoms with Crippen LogP contribution in [0, 0.1) is 0 Å². The van der Waals surface area contributed by atoms with Gasteiger partial charge in [0, 0.05) is 0 Å². The van der Waals surface area contributed by atoms with E-state index in [4.69, 9.17) is 15.6 Å². The van der Waals surface area contributed by atoms with E-state index in [9.17, 15) is 4.79 Å². The van der Waals surface area contributed by atoms with Gasteiger partial charge in [0.2, 0.25) is 0 Å². The number of ether oxygens (including phenoxy) is 1. The minimum atomic E-state index is -0.949. The lowest BCUT2D eigenvalue weighted by molar-refractivity contribution is -0.138. The van der Waals surface area contributed by atoms with Gasteiger partial charge >= 0.3 is 5.97 Å². The summed E-state index contributed by atoms with van der Waals surface area (Å²) in [6.45, 7) is 0. The Morgan fingerprint density at radius 2 is 2.06 bits per heavy atom. The lowest BCUT2D eigenvalue weighted by atomic mass is 9.85. The number of methoxy groups -OCH3 is 1. The fourth-order valence-corrected chi connectivity index (χ4v) is 2.62. The largest absolute Gasteiger partial charge is 0.496 e. The Morgan fingerprint density at radius 3 is 2.67 bits per heavy atom. The monoisotopic (exact) mass is 249 g/mol. The summed E-state index contributed by atoms with van der Waals surface area (Å²) in [5, 5.41) is 8.90. The van der Waals surface area contributed by atoms with Crippen molar-refractivity contribution >= 4 is 5.97 Å². The van der Waals surface area contributed by atoms with E-state index in [1.54, 1.807) is 7.11 Å². The summed E-state index contributed by atoms with van der Waals surface area (Å²) in [7, 11) is 1.67. The quantitative estimate of drug-likeness (QED) is 0.848. The summed E-state index contributed by atoms with van der Waals surface area (Å²) in [5.74, 6) is -0.0345. The maximum Gasteiger partial charge on any atom is 0.320 e. The van der Waals surface area contributed by atoms with Gasteiger partial charge < -0.3 is 15.6 Å². The smallest absolute Gasteiger partial charge is 0.320 e. The molecule has 0 amide bonds. The lowest BCUT2D eigenvalue weighted by Crippen LogP contribution is -2.32. The van der Waals surface area contributed by atoms with E-state index in [0.717, 1.165) is 37.0 Å². The molecule has 0 aliphatic heterocycles. The van der Waals surface area contributed by atoms with Gasteiger partial charge in [-0.2, -0.15) is 0 Å². The zero-order chi connectivity index (χ0) is 13.1. The number of nitrogens with two attached hydrogens (primary N) is 1. The first-order valence-electron chi connectivity index (χ1n) is 6.29. The standard InChI is InChI=1S/C14H19NO3/c1-18-13-7-6-9(8-12(15)14(16)17)10-4-2-3-5-11(10)13/h6-7,12H,2-5,8,15H2,1H3,(H,16,17)/t12-/m0/s1. The number of hydrogen-bond acceptors (Lipinski definition) is 3. The van der Waals surface area contributed by atoms with Gasteiger partial charge in [0.1, 0.15) is 11.8 Å². The zero-order valence-electron chi connectivity index (χ0n) is 10.6. The molecule has 0 aromatic heterocycles. The summed E-state index contributed by atoms with van der Waals surface area (Å²) < 4.78 is 5.37. The van der Waals surface area contributed by atoms with Crippen LogP contribution >= 0.6 is 0 Å². The lowest BCUT2D eigenvalue weighted by Gasteiger charge is -2.22. The molecule has 0 saturated carbocycles. The molecule has 0 saturated heterocycles. The number of rotatable bonds is 4. The molecular formula is C14H19NO3. The average Bonchev–Trinajstić information content (AvgIpc) is 2.39. The van der Waals surface area contributed by atoms with Crippen LogP contribution in [-0.4, -0.2) is 24.2 Å². The number of carboxylic acid groups (broad SMARTS) is 1. The molecule has 1 aromatic carbocycles. The number of benzene rings is 1. The predicted molar refractivity (Wildman–Crippen MR) is 69.0 cm³/mol. The molecule has 1 aliphatic rings. The molecule has 0 heterocycles. The average molecular weight is 249 g/mol. The maximum atomic E-state index is 10.8. The Bertz CT molecular complexity index is 457. The van der Waals surface area contributed by atoms with Crippen molar-refractivity contribution in [1.82, 2.24) is 0 Å².